The number of hydrogen-bond donors (Lipinski definition) is 4. The SMILES string of the molecule is O=C(NCCCNc1n[nH]c(=O)c2ccccc12)C(O)c1ccc(Cl)cc1. The zero-order valence-electron chi connectivity index (χ0n) is 14.4. The third-order valence-electron chi connectivity index (χ3n) is 4.08. The van der Waals surface area contributed by atoms with Crippen molar-refractivity contribution in [3.63, 3.8) is 0 Å². The van der Waals surface area contributed by atoms with Crippen LogP contribution in [0, 0.1) is 0 Å². The molecule has 3 aromatic rings. The zero-order chi connectivity index (χ0) is 19.2. The monoisotopic (exact) mass is 386 g/mol. The second-order valence-corrected chi connectivity index (χ2v) is 6.41. The molecule has 0 aliphatic rings. The molecule has 1 heterocycles. The van der Waals surface area contributed by atoms with E-state index in [0.29, 0.717) is 41.3 Å². The lowest BCUT2D eigenvalue weighted by atomic mass is 10.1. The first-order valence-corrected chi connectivity index (χ1v) is 8.86. The number of carbonyl (C=O) groups excluding carboxylic acids is 1. The minimum absolute atomic E-state index is 0.236. The number of hydrogen-bond acceptors (Lipinski definition) is 5. The Morgan fingerprint density at radius 1 is 1.11 bits per heavy atom. The van der Waals surface area contributed by atoms with E-state index in [9.17, 15) is 14.7 Å². The van der Waals surface area contributed by atoms with Gasteiger partial charge < -0.3 is 15.7 Å². The van der Waals surface area contributed by atoms with Crippen molar-refractivity contribution in [1.29, 1.82) is 0 Å². The van der Waals surface area contributed by atoms with Crippen LogP contribution in [0.15, 0.2) is 53.3 Å². The predicted octanol–water partition coefficient (Wildman–Crippen LogP) is 2.23. The van der Waals surface area contributed by atoms with E-state index >= 15 is 0 Å². The van der Waals surface area contributed by atoms with Crippen molar-refractivity contribution in [3.05, 3.63) is 69.5 Å². The van der Waals surface area contributed by atoms with E-state index in [-0.39, 0.29) is 5.56 Å². The Hall–Kier alpha value is -2.90. The quantitative estimate of drug-likeness (QED) is 0.466. The number of rotatable bonds is 7. The van der Waals surface area contributed by atoms with Crippen LogP contribution in [0.25, 0.3) is 10.8 Å². The van der Waals surface area contributed by atoms with E-state index in [1.54, 1.807) is 36.4 Å². The topological polar surface area (TPSA) is 107 Å². The minimum atomic E-state index is -1.24. The van der Waals surface area contributed by atoms with Crippen LogP contribution in [0.5, 0.6) is 0 Å². The van der Waals surface area contributed by atoms with Crippen LogP contribution in [-0.4, -0.2) is 34.3 Å². The van der Waals surface area contributed by atoms with Gasteiger partial charge in [-0.1, -0.05) is 41.9 Å². The van der Waals surface area contributed by atoms with Crippen molar-refractivity contribution in [2.75, 3.05) is 18.4 Å². The highest BCUT2D eigenvalue weighted by molar-refractivity contribution is 6.30. The second-order valence-electron chi connectivity index (χ2n) is 5.97. The van der Waals surface area contributed by atoms with Crippen LogP contribution in [0.4, 0.5) is 5.82 Å². The van der Waals surface area contributed by atoms with Gasteiger partial charge in [-0.15, -0.1) is 0 Å². The van der Waals surface area contributed by atoms with Gasteiger partial charge in [-0.2, -0.15) is 5.10 Å². The first-order valence-electron chi connectivity index (χ1n) is 8.49. The summed E-state index contributed by atoms with van der Waals surface area (Å²) in [5.74, 6) is 0.114. The Labute approximate surface area is 160 Å². The molecule has 0 fully saturated rings. The highest BCUT2D eigenvalue weighted by atomic mass is 35.5. The number of nitrogens with zero attached hydrogens (tertiary/aromatic N) is 1. The maximum atomic E-state index is 12.0. The Kier molecular flexibility index (Phi) is 6.05. The van der Waals surface area contributed by atoms with Crippen molar-refractivity contribution in [2.24, 2.45) is 0 Å². The number of H-pyrrole nitrogens is 1. The van der Waals surface area contributed by atoms with Crippen molar-refractivity contribution in [1.82, 2.24) is 15.5 Å². The first kappa shape index (κ1) is 18.9. The fourth-order valence-electron chi connectivity index (χ4n) is 2.65. The van der Waals surface area contributed by atoms with Crippen molar-refractivity contribution < 1.29 is 9.90 Å². The molecule has 1 unspecified atom stereocenters. The maximum Gasteiger partial charge on any atom is 0.272 e. The van der Waals surface area contributed by atoms with Crippen molar-refractivity contribution >= 4 is 34.1 Å². The molecule has 3 rings (SSSR count). The molecule has 4 N–H and O–H groups in total. The highest BCUT2D eigenvalue weighted by Crippen LogP contribution is 2.17. The Bertz CT molecular complexity index is 988. The zero-order valence-corrected chi connectivity index (χ0v) is 15.2. The van der Waals surface area contributed by atoms with Crippen LogP contribution in [-0.2, 0) is 4.79 Å². The third-order valence-corrected chi connectivity index (χ3v) is 4.33. The van der Waals surface area contributed by atoms with E-state index in [4.69, 9.17) is 11.6 Å². The number of aliphatic hydroxyl groups excluding tert-OH is 1. The van der Waals surface area contributed by atoms with Crippen molar-refractivity contribution in [2.45, 2.75) is 12.5 Å². The predicted molar refractivity (Wildman–Crippen MR) is 105 cm³/mol. The lowest BCUT2D eigenvalue weighted by Crippen LogP contribution is -2.31. The smallest absolute Gasteiger partial charge is 0.272 e. The highest BCUT2D eigenvalue weighted by Gasteiger charge is 2.16. The van der Waals surface area contributed by atoms with Crippen LogP contribution in [0.3, 0.4) is 0 Å². The normalized spacial score (nSPS) is 11.9. The molecule has 0 saturated heterocycles. The summed E-state index contributed by atoms with van der Waals surface area (Å²) in [4.78, 5) is 23.8. The molecule has 0 radical (unpaired) electrons. The summed E-state index contributed by atoms with van der Waals surface area (Å²) in [6, 6.07) is 13.7. The molecule has 0 bridgehead atoms. The lowest BCUT2D eigenvalue weighted by Gasteiger charge is -2.12. The van der Waals surface area contributed by atoms with Crippen molar-refractivity contribution in [3.8, 4) is 0 Å². The van der Waals surface area contributed by atoms with Gasteiger partial charge in [0.2, 0.25) is 0 Å². The van der Waals surface area contributed by atoms with Crippen LogP contribution in [0.1, 0.15) is 18.1 Å². The molecule has 2 aromatic carbocycles. The summed E-state index contributed by atoms with van der Waals surface area (Å²) >= 11 is 5.80. The average molecular weight is 387 g/mol. The second kappa shape index (κ2) is 8.66. The van der Waals surface area contributed by atoms with Crippen LogP contribution >= 0.6 is 11.6 Å². The fraction of sp³-hybridized carbons (Fsp3) is 0.211. The summed E-state index contributed by atoms with van der Waals surface area (Å²) in [7, 11) is 0. The Morgan fingerprint density at radius 2 is 1.81 bits per heavy atom. The average Bonchev–Trinajstić information content (AvgIpc) is 2.69. The molecule has 7 nitrogen and oxygen atoms in total. The van der Waals surface area contributed by atoms with Gasteiger partial charge >= 0.3 is 0 Å². The van der Waals surface area contributed by atoms with E-state index in [1.807, 2.05) is 12.1 Å². The minimum Gasteiger partial charge on any atom is -0.378 e. The molecule has 1 amide bonds. The summed E-state index contributed by atoms with van der Waals surface area (Å²) in [5.41, 5.74) is 0.249. The Balaban J connectivity index is 1.48. The van der Waals surface area contributed by atoms with E-state index in [2.05, 4.69) is 20.8 Å². The third kappa shape index (κ3) is 4.64. The van der Waals surface area contributed by atoms with Gasteiger partial charge in [0, 0.05) is 23.5 Å². The standard InChI is InChI=1S/C19H19ClN4O3/c20-13-8-6-12(7-9-13)16(25)19(27)22-11-3-10-21-17-14-4-1-2-5-15(14)18(26)24-23-17/h1-2,4-9,16,25H,3,10-11H2,(H,21,23)(H,22,27)(H,24,26). The molecule has 8 heteroatoms. The molecular weight excluding hydrogens is 368 g/mol. The van der Waals surface area contributed by atoms with Crippen LogP contribution < -0.4 is 16.2 Å². The Morgan fingerprint density at radius 3 is 2.56 bits per heavy atom. The van der Waals surface area contributed by atoms with Gasteiger partial charge in [0.25, 0.3) is 11.5 Å². The van der Waals surface area contributed by atoms with Gasteiger partial charge in [-0.3, -0.25) is 9.59 Å². The number of benzene rings is 2. The number of aliphatic hydroxyl groups is 1. The summed E-state index contributed by atoms with van der Waals surface area (Å²) in [6.07, 6.45) is -0.617. The molecule has 1 aromatic heterocycles. The van der Waals surface area contributed by atoms with E-state index < -0.39 is 12.0 Å². The number of nitrogens with one attached hydrogen (secondary N) is 3. The van der Waals surface area contributed by atoms with Gasteiger partial charge in [-0.25, -0.2) is 5.10 Å². The summed E-state index contributed by atoms with van der Waals surface area (Å²) in [5, 5.41) is 24.2. The largest absolute Gasteiger partial charge is 0.378 e. The fourth-order valence-corrected chi connectivity index (χ4v) is 2.78. The van der Waals surface area contributed by atoms with E-state index in [1.165, 1.54) is 0 Å². The van der Waals surface area contributed by atoms with Gasteiger partial charge in [-0.05, 0) is 30.2 Å². The number of anilines is 1. The summed E-state index contributed by atoms with van der Waals surface area (Å²) in [6.45, 7) is 0.929. The first-order chi connectivity index (χ1) is 13.1. The molecule has 27 heavy (non-hydrogen) atoms. The number of aromatic nitrogens is 2. The van der Waals surface area contributed by atoms with Gasteiger partial charge in [0.1, 0.15) is 0 Å². The summed E-state index contributed by atoms with van der Waals surface area (Å²) < 4.78 is 0. The molecule has 0 spiro atoms. The number of carbonyl (C=O) groups is 1. The van der Waals surface area contributed by atoms with E-state index in [0.717, 1.165) is 5.39 Å². The number of amides is 1. The van der Waals surface area contributed by atoms with Gasteiger partial charge in [0.05, 0.1) is 5.39 Å². The molecule has 1 atom stereocenters. The number of halogens is 1. The molecule has 0 aliphatic carbocycles. The van der Waals surface area contributed by atoms with Gasteiger partial charge in [0.15, 0.2) is 11.9 Å². The molecule has 140 valence electrons. The molecule has 0 aliphatic heterocycles. The lowest BCUT2D eigenvalue weighted by molar-refractivity contribution is -0.129. The number of fused-ring (bicyclic) bond motifs is 1. The number of aromatic amines is 1. The van der Waals surface area contributed by atoms with Crippen LogP contribution in [0.2, 0.25) is 5.02 Å². The molecule has 0 saturated carbocycles. The maximum absolute atomic E-state index is 12.0. The molecular formula is C19H19ClN4O3.